The van der Waals surface area contributed by atoms with Crippen molar-refractivity contribution in [3.63, 3.8) is 0 Å². The lowest BCUT2D eigenvalue weighted by Gasteiger charge is -2.19. The molecule has 1 N–H and O–H groups in total. The van der Waals surface area contributed by atoms with E-state index in [1.807, 2.05) is 11.3 Å². The molecule has 1 aliphatic rings. The van der Waals surface area contributed by atoms with Gasteiger partial charge in [-0.05, 0) is 29.5 Å². The molecule has 1 aromatic heterocycles. The van der Waals surface area contributed by atoms with Crippen LogP contribution >= 0.6 is 11.3 Å². The number of benzene rings is 1. The first-order chi connectivity index (χ1) is 8.93. The summed E-state index contributed by atoms with van der Waals surface area (Å²) in [5, 5.41) is 5.65. The van der Waals surface area contributed by atoms with Gasteiger partial charge >= 0.3 is 0 Å². The SMILES string of the molecule is c1csc(CNCCN2CCc3ccccc32)c1. The summed E-state index contributed by atoms with van der Waals surface area (Å²) >= 11 is 1.82. The third-order valence-corrected chi connectivity index (χ3v) is 4.30. The Balaban J connectivity index is 1.47. The molecule has 1 aliphatic heterocycles. The number of thiophene rings is 1. The molecular formula is C15H18N2S. The Labute approximate surface area is 112 Å². The Morgan fingerprint density at radius 2 is 2.11 bits per heavy atom. The van der Waals surface area contributed by atoms with E-state index in [2.05, 4.69) is 52.0 Å². The minimum absolute atomic E-state index is 0.993. The van der Waals surface area contributed by atoms with Gasteiger partial charge in [0.25, 0.3) is 0 Å². The summed E-state index contributed by atoms with van der Waals surface area (Å²) in [5.74, 6) is 0. The molecule has 0 fully saturated rings. The molecule has 2 aromatic rings. The molecule has 1 aromatic carbocycles. The van der Waals surface area contributed by atoms with Crippen molar-refractivity contribution in [1.29, 1.82) is 0 Å². The fourth-order valence-electron chi connectivity index (χ4n) is 2.48. The number of hydrogen-bond donors (Lipinski definition) is 1. The van der Waals surface area contributed by atoms with Crippen LogP contribution in [0.4, 0.5) is 5.69 Å². The molecule has 0 radical (unpaired) electrons. The average molecular weight is 258 g/mol. The van der Waals surface area contributed by atoms with Gasteiger partial charge in [0.1, 0.15) is 0 Å². The molecule has 0 saturated heterocycles. The molecule has 0 atom stereocenters. The highest BCUT2D eigenvalue weighted by Gasteiger charge is 2.17. The minimum atomic E-state index is 0.993. The maximum atomic E-state index is 3.51. The second kappa shape index (κ2) is 5.55. The molecule has 18 heavy (non-hydrogen) atoms. The Bertz CT molecular complexity index is 493. The predicted molar refractivity (Wildman–Crippen MR) is 78.4 cm³/mol. The number of rotatable bonds is 5. The van der Waals surface area contributed by atoms with Crippen LogP contribution in [0, 0.1) is 0 Å². The highest BCUT2D eigenvalue weighted by molar-refractivity contribution is 7.09. The van der Waals surface area contributed by atoms with Gasteiger partial charge in [0, 0.05) is 36.7 Å². The zero-order valence-electron chi connectivity index (χ0n) is 10.4. The summed E-state index contributed by atoms with van der Waals surface area (Å²) in [6.45, 7) is 4.31. The van der Waals surface area contributed by atoms with Gasteiger partial charge in [-0.25, -0.2) is 0 Å². The van der Waals surface area contributed by atoms with Crippen LogP contribution in [0.5, 0.6) is 0 Å². The highest BCUT2D eigenvalue weighted by atomic mass is 32.1. The van der Waals surface area contributed by atoms with Crippen LogP contribution in [0.2, 0.25) is 0 Å². The molecule has 0 aliphatic carbocycles. The van der Waals surface area contributed by atoms with Gasteiger partial charge in [0.05, 0.1) is 0 Å². The Morgan fingerprint density at radius 3 is 3.00 bits per heavy atom. The second-order valence-electron chi connectivity index (χ2n) is 4.62. The third-order valence-electron chi connectivity index (χ3n) is 3.42. The van der Waals surface area contributed by atoms with Crippen molar-refractivity contribution in [1.82, 2.24) is 5.32 Å². The summed E-state index contributed by atoms with van der Waals surface area (Å²) in [4.78, 5) is 3.90. The zero-order chi connectivity index (χ0) is 12.2. The fourth-order valence-corrected chi connectivity index (χ4v) is 3.15. The van der Waals surface area contributed by atoms with E-state index in [9.17, 15) is 0 Å². The van der Waals surface area contributed by atoms with Gasteiger partial charge in [-0.15, -0.1) is 11.3 Å². The molecular weight excluding hydrogens is 240 g/mol. The molecule has 0 spiro atoms. The van der Waals surface area contributed by atoms with Crippen LogP contribution in [0.25, 0.3) is 0 Å². The minimum Gasteiger partial charge on any atom is -0.370 e. The lowest BCUT2D eigenvalue weighted by Crippen LogP contribution is -2.30. The monoisotopic (exact) mass is 258 g/mol. The number of hydrogen-bond acceptors (Lipinski definition) is 3. The van der Waals surface area contributed by atoms with E-state index in [1.165, 1.54) is 29.1 Å². The Morgan fingerprint density at radius 1 is 1.17 bits per heavy atom. The van der Waals surface area contributed by atoms with Gasteiger partial charge in [0.15, 0.2) is 0 Å². The lowest BCUT2D eigenvalue weighted by molar-refractivity contribution is 0.673. The van der Waals surface area contributed by atoms with Crippen LogP contribution in [0.3, 0.4) is 0 Å². The van der Waals surface area contributed by atoms with Crippen LogP contribution in [-0.2, 0) is 13.0 Å². The fraction of sp³-hybridized carbons (Fsp3) is 0.333. The van der Waals surface area contributed by atoms with Gasteiger partial charge in [-0.1, -0.05) is 24.3 Å². The van der Waals surface area contributed by atoms with Crippen molar-refractivity contribution in [2.24, 2.45) is 0 Å². The molecule has 3 heteroatoms. The van der Waals surface area contributed by atoms with Gasteiger partial charge < -0.3 is 10.2 Å². The smallest absolute Gasteiger partial charge is 0.0399 e. The maximum absolute atomic E-state index is 3.51. The molecule has 3 rings (SSSR count). The summed E-state index contributed by atoms with van der Waals surface area (Å²) in [6, 6.07) is 13.0. The number of para-hydroxylation sites is 1. The van der Waals surface area contributed by atoms with E-state index in [0.717, 1.165) is 19.6 Å². The first kappa shape index (κ1) is 11.8. The standard InChI is InChI=1S/C15H18N2S/c1-2-6-15-13(4-1)7-9-17(15)10-8-16-12-14-5-3-11-18-14/h1-6,11,16H,7-10,12H2. The number of fused-ring (bicyclic) bond motifs is 1. The van der Waals surface area contributed by atoms with Crippen molar-refractivity contribution in [2.75, 3.05) is 24.5 Å². The van der Waals surface area contributed by atoms with E-state index in [0.29, 0.717) is 0 Å². The van der Waals surface area contributed by atoms with Crippen LogP contribution in [0.15, 0.2) is 41.8 Å². The van der Waals surface area contributed by atoms with Crippen molar-refractivity contribution < 1.29 is 0 Å². The molecule has 94 valence electrons. The van der Waals surface area contributed by atoms with Crippen LogP contribution in [-0.4, -0.2) is 19.6 Å². The Hall–Kier alpha value is -1.32. The van der Waals surface area contributed by atoms with E-state index < -0.39 is 0 Å². The highest BCUT2D eigenvalue weighted by Crippen LogP contribution is 2.26. The van der Waals surface area contributed by atoms with E-state index in [1.54, 1.807) is 0 Å². The normalized spacial score (nSPS) is 13.9. The van der Waals surface area contributed by atoms with E-state index in [-0.39, 0.29) is 0 Å². The predicted octanol–water partition coefficient (Wildman–Crippen LogP) is 2.90. The van der Waals surface area contributed by atoms with Gasteiger partial charge in [-0.2, -0.15) is 0 Å². The first-order valence-corrected chi connectivity index (χ1v) is 7.37. The Kier molecular flexibility index (Phi) is 3.62. The van der Waals surface area contributed by atoms with Crippen molar-refractivity contribution in [3.8, 4) is 0 Å². The van der Waals surface area contributed by atoms with Crippen LogP contribution in [0.1, 0.15) is 10.4 Å². The number of anilines is 1. The average Bonchev–Trinajstić information content (AvgIpc) is 3.04. The molecule has 0 saturated carbocycles. The summed E-state index contributed by atoms with van der Waals surface area (Å²) in [5.41, 5.74) is 2.92. The number of nitrogens with one attached hydrogen (secondary N) is 1. The maximum Gasteiger partial charge on any atom is 0.0399 e. The van der Waals surface area contributed by atoms with Gasteiger partial charge in [-0.3, -0.25) is 0 Å². The topological polar surface area (TPSA) is 15.3 Å². The zero-order valence-corrected chi connectivity index (χ0v) is 11.2. The van der Waals surface area contributed by atoms with Crippen molar-refractivity contribution in [2.45, 2.75) is 13.0 Å². The van der Waals surface area contributed by atoms with Gasteiger partial charge in [0.2, 0.25) is 0 Å². The molecule has 0 unspecified atom stereocenters. The summed E-state index contributed by atoms with van der Waals surface area (Å²) < 4.78 is 0. The largest absolute Gasteiger partial charge is 0.370 e. The lowest BCUT2D eigenvalue weighted by atomic mass is 10.2. The molecule has 2 heterocycles. The molecule has 0 bridgehead atoms. The second-order valence-corrected chi connectivity index (χ2v) is 5.65. The third kappa shape index (κ3) is 2.57. The van der Waals surface area contributed by atoms with Crippen LogP contribution < -0.4 is 10.2 Å². The van der Waals surface area contributed by atoms with Crippen molar-refractivity contribution in [3.05, 3.63) is 52.2 Å². The summed E-state index contributed by atoms with van der Waals surface area (Å²) in [6.07, 6.45) is 1.20. The molecule has 2 nitrogen and oxygen atoms in total. The quantitative estimate of drug-likeness (QED) is 0.830. The first-order valence-electron chi connectivity index (χ1n) is 6.49. The molecule has 0 amide bonds. The van der Waals surface area contributed by atoms with E-state index >= 15 is 0 Å². The van der Waals surface area contributed by atoms with E-state index in [4.69, 9.17) is 0 Å². The number of nitrogens with zero attached hydrogens (tertiary/aromatic N) is 1. The van der Waals surface area contributed by atoms with Crippen molar-refractivity contribution >= 4 is 17.0 Å². The summed E-state index contributed by atoms with van der Waals surface area (Å²) in [7, 11) is 0.